The second-order valence-electron chi connectivity index (χ2n) is 8.28. The van der Waals surface area contributed by atoms with Gasteiger partial charge in [-0.25, -0.2) is 13.4 Å². The molecular formula is C23H33NO3S. The molecule has 5 heteroatoms. The van der Waals surface area contributed by atoms with E-state index in [1.54, 1.807) is 13.3 Å². The van der Waals surface area contributed by atoms with Crippen LogP contribution in [0.1, 0.15) is 75.0 Å². The monoisotopic (exact) mass is 403 g/mol. The highest BCUT2D eigenvalue weighted by Crippen LogP contribution is 2.38. The topological polar surface area (TPSA) is 56.3 Å². The number of hydrogen-bond acceptors (Lipinski definition) is 4. The van der Waals surface area contributed by atoms with Crippen molar-refractivity contribution in [3.8, 4) is 5.75 Å². The molecule has 0 saturated heterocycles. The molecule has 1 heterocycles. The van der Waals surface area contributed by atoms with Crippen LogP contribution in [0.25, 0.3) is 0 Å². The molecule has 0 spiro atoms. The van der Waals surface area contributed by atoms with E-state index >= 15 is 0 Å². The number of nitrogens with zero attached hydrogens (tertiary/aromatic N) is 1. The van der Waals surface area contributed by atoms with Gasteiger partial charge in [0, 0.05) is 6.20 Å². The minimum absolute atomic E-state index is 0.147. The average molecular weight is 404 g/mol. The molecule has 0 radical (unpaired) electrons. The lowest BCUT2D eigenvalue weighted by Gasteiger charge is -2.25. The van der Waals surface area contributed by atoms with Crippen molar-refractivity contribution in [1.82, 2.24) is 4.98 Å². The summed E-state index contributed by atoms with van der Waals surface area (Å²) in [7, 11) is -2.01. The predicted molar refractivity (Wildman–Crippen MR) is 115 cm³/mol. The predicted octanol–water partition coefficient (Wildman–Crippen LogP) is 5.57. The molecule has 0 aliphatic heterocycles. The van der Waals surface area contributed by atoms with Crippen molar-refractivity contribution in [2.45, 2.75) is 76.5 Å². The Kier molecular flexibility index (Phi) is 6.92. The Morgan fingerprint density at radius 1 is 1.14 bits per heavy atom. The van der Waals surface area contributed by atoms with E-state index in [2.05, 4.69) is 25.8 Å². The van der Waals surface area contributed by atoms with E-state index in [0.717, 1.165) is 40.8 Å². The normalized spacial score (nSPS) is 13.4. The van der Waals surface area contributed by atoms with E-state index in [9.17, 15) is 8.42 Å². The highest BCUT2D eigenvalue weighted by Gasteiger charge is 2.34. The Labute approximate surface area is 170 Å². The maximum atomic E-state index is 13.8. The maximum absolute atomic E-state index is 13.8. The van der Waals surface area contributed by atoms with Gasteiger partial charge in [0.2, 0.25) is 9.84 Å². The van der Waals surface area contributed by atoms with Gasteiger partial charge < -0.3 is 4.74 Å². The number of rotatable bonds is 7. The van der Waals surface area contributed by atoms with Gasteiger partial charge in [0.25, 0.3) is 0 Å². The highest BCUT2D eigenvalue weighted by atomic mass is 32.2. The van der Waals surface area contributed by atoms with E-state index in [-0.39, 0.29) is 10.4 Å². The molecule has 4 nitrogen and oxygen atoms in total. The van der Waals surface area contributed by atoms with Crippen molar-refractivity contribution in [2.24, 2.45) is 0 Å². The molecule has 1 unspecified atom stereocenters. The van der Waals surface area contributed by atoms with Gasteiger partial charge in [0.05, 0.1) is 12.4 Å². The Morgan fingerprint density at radius 2 is 1.82 bits per heavy atom. The largest absolute Gasteiger partial charge is 0.497 e. The first-order valence-electron chi connectivity index (χ1n) is 9.94. The van der Waals surface area contributed by atoms with E-state index in [0.29, 0.717) is 6.42 Å². The first-order chi connectivity index (χ1) is 13.1. The average Bonchev–Trinajstić information content (AvgIpc) is 2.64. The minimum Gasteiger partial charge on any atom is -0.497 e. The van der Waals surface area contributed by atoms with Crippen LogP contribution in [0.4, 0.5) is 0 Å². The van der Waals surface area contributed by atoms with E-state index in [4.69, 9.17) is 4.74 Å². The number of ether oxygens (including phenoxy) is 1. The Bertz CT molecular complexity index is 927. The van der Waals surface area contributed by atoms with Crippen molar-refractivity contribution in [3.63, 3.8) is 0 Å². The van der Waals surface area contributed by atoms with Gasteiger partial charge in [0.15, 0.2) is 5.03 Å². The van der Waals surface area contributed by atoms with Crippen LogP contribution in [-0.4, -0.2) is 20.5 Å². The summed E-state index contributed by atoms with van der Waals surface area (Å²) < 4.78 is 32.8. The van der Waals surface area contributed by atoms with Gasteiger partial charge in [-0.1, -0.05) is 47.1 Å². The zero-order chi connectivity index (χ0) is 21.1. The first kappa shape index (κ1) is 22.4. The van der Waals surface area contributed by atoms with Crippen LogP contribution >= 0.6 is 0 Å². The Hall–Kier alpha value is -1.88. The second kappa shape index (κ2) is 8.64. The number of aromatic nitrogens is 1. The third kappa shape index (κ3) is 4.40. The molecule has 0 bridgehead atoms. The smallest absolute Gasteiger partial charge is 0.202 e. The number of methoxy groups -OCH3 is 1. The third-order valence-electron chi connectivity index (χ3n) is 5.24. The summed E-state index contributed by atoms with van der Waals surface area (Å²) in [6, 6.07) is 7.62. The summed E-state index contributed by atoms with van der Waals surface area (Å²) >= 11 is 0. The fraction of sp³-hybridized carbons (Fsp3) is 0.522. The van der Waals surface area contributed by atoms with Crippen molar-refractivity contribution in [2.75, 3.05) is 7.11 Å². The lowest BCUT2D eigenvalue weighted by atomic mass is 9.85. The van der Waals surface area contributed by atoms with Gasteiger partial charge >= 0.3 is 0 Å². The molecule has 0 N–H and O–H groups in total. The lowest BCUT2D eigenvalue weighted by Crippen LogP contribution is -2.21. The molecule has 1 aromatic carbocycles. The van der Waals surface area contributed by atoms with Crippen LogP contribution in [0.2, 0.25) is 0 Å². The van der Waals surface area contributed by atoms with Crippen molar-refractivity contribution in [3.05, 3.63) is 52.7 Å². The van der Waals surface area contributed by atoms with Gasteiger partial charge in [-0.2, -0.15) is 0 Å². The minimum atomic E-state index is -3.63. The molecule has 1 aromatic heterocycles. The van der Waals surface area contributed by atoms with Crippen LogP contribution in [0.15, 0.2) is 35.5 Å². The molecular weight excluding hydrogens is 370 g/mol. The summed E-state index contributed by atoms with van der Waals surface area (Å²) in [5.41, 5.74) is 3.48. The fourth-order valence-corrected chi connectivity index (χ4v) is 5.94. The molecule has 2 rings (SSSR count). The molecule has 0 amide bonds. The van der Waals surface area contributed by atoms with Gasteiger partial charge in [-0.15, -0.1) is 0 Å². The van der Waals surface area contributed by atoms with Crippen LogP contribution in [0.3, 0.4) is 0 Å². The summed E-state index contributed by atoms with van der Waals surface area (Å²) in [4.78, 5) is 4.33. The Morgan fingerprint density at radius 3 is 2.36 bits per heavy atom. The highest BCUT2D eigenvalue weighted by molar-refractivity contribution is 7.91. The van der Waals surface area contributed by atoms with E-state index in [1.165, 1.54) is 0 Å². The summed E-state index contributed by atoms with van der Waals surface area (Å²) in [6.45, 7) is 12.2. The molecule has 1 atom stereocenters. The number of sulfone groups is 1. The molecule has 0 aliphatic carbocycles. The second-order valence-corrected chi connectivity index (χ2v) is 10.3. The van der Waals surface area contributed by atoms with Crippen molar-refractivity contribution >= 4 is 9.84 Å². The summed E-state index contributed by atoms with van der Waals surface area (Å²) in [5.74, 6) is 0.747. The standard InChI is InChI=1S/C23H33NO3S/c1-8-10-21(19-12-11-18(27-7)15-17(19)9-2)28(25,26)22-16(3)20(13-14-24-22)23(4,5)6/h11-15,21H,8-10H2,1-7H3. The molecule has 0 fully saturated rings. The number of benzene rings is 1. The zero-order valence-corrected chi connectivity index (χ0v) is 19.0. The van der Waals surface area contributed by atoms with Crippen LogP contribution in [-0.2, 0) is 21.7 Å². The molecule has 28 heavy (non-hydrogen) atoms. The van der Waals surface area contributed by atoms with Crippen LogP contribution in [0, 0.1) is 6.92 Å². The Balaban J connectivity index is 2.68. The third-order valence-corrected chi connectivity index (χ3v) is 7.43. The number of pyridine rings is 1. The molecule has 154 valence electrons. The summed E-state index contributed by atoms with van der Waals surface area (Å²) in [5, 5.41) is -0.406. The number of aryl methyl sites for hydroxylation is 1. The lowest BCUT2D eigenvalue weighted by molar-refractivity contribution is 0.414. The molecule has 2 aromatic rings. The maximum Gasteiger partial charge on any atom is 0.202 e. The van der Waals surface area contributed by atoms with Crippen molar-refractivity contribution < 1.29 is 13.2 Å². The van der Waals surface area contributed by atoms with Gasteiger partial charge in [-0.05, 0) is 65.6 Å². The number of hydrogen-bond donors (Lipinski definition) is 0. The van der Waals surface area contributed by atoms with Gasteiger partial charge in [-0.3, -0.25) is 0 Å². The first-order valence-corrected chi connectivity index (χ1v) is 11.5. The fourth-order valence-electron chi connectivity index (χ4n) is 3.82. The molecule has 0 saturated carbocycles. The van der Waals surface area contributed by atoms with Crippen molar-refractivity contribution in [1.29, 1.82) is 0 Å². The van der Waals surface area contributed by atoms with Crippen LogP contribution < -0.4 is 4.74 Å². The quantitative estimate of drug-likeness (QED) is 0.606. The van der Waals surface area contributed by atoms with Crippen LogP contribution in [0.5, 0.6) is 5.75 Å². The zero-order valence-electron chi connectivity index (χ0n) is 18.2. The summed E-state index contributed by atoms with van der Waals surface area (Å²) in [6.07, 6.45) is 3.70. The van der Waals surface area contributed by atoms with Gasteiger partial charge in [0.1, 0.15) is 5.75 Å². The molecule has 0 aliphatic rings. The SMILES string of the molecule is CCCC(c1ccc(OC)cc1CC)S(=O)(=O)c1nccc(C(C)(C)C)c1C. The van der Waals surface area contributed by atoms with E-state index < -0.39 is 15.1 Å². The van der Waals surface area contributed by atoms with E-state index in [1.807, 2.05) is 45.0 Å².